The van der Waals surface area contributed by atoms with Gasteiger partial charge in [0.1, 0.15) is 4.90 Å². The van der Waals surface area contributed by atoms with Gasteiger partial charge in [0, 0.05) is 31.2 Å². The van der Waals surface area contributed by atoms with E-state index in [0.717, 1.165) is 23.6 Å². The van der Waals surface area contributed by atoms with Gasteiger partial charge < -0.3 is 10.6 Å². The highest BCUT2D eigenvalue weighted by molar-refractivity contribution is 7.90. The fraction of sp³-hybridized carbons (Fsp3) is 0.500. The van der Waals surface area contributed by atoms with Crippen molar-refractivity contribution in [1.82, 2.24) is 9.21 Å². The number of fused-ring (bicyclic) bond motifs is 1. The Hall–Kier alpha value is -1.64. The Morgan fingerprint density at radius 2 is 2.04 bits per heavy atom. The Morgan fingerprint density at radius 3 is 2.68 bits per heavy atom. The molecule has 2 aliphatic rings. The average Bonchev–Trinajstić information content (AvgIpc) is 2.79. The normalized spacial score (nSPS) is 21.7. The van der Waals surface area contributed by atoms with Gasteiger partial charge in [0.15, 0.2) is 0 Å². The molecular weight excluding hydrogens is 366 g/mol. The molecule has 3 rings (SSSR count). The third-order valence-corrected chi connectivity index (χ3v) is 6.60. The first-order valence-electron chi connectivity index (χ1n) is 8.14. The number of piperidine rings is 1. The van der Waals surface area contributed by atoms with Gasteiger partial charge in [0.2, 0.25) is 0 Å². The molecule has 1 fully saturated rings. The maximum Gasteiger partial charge on any atom is 0.268 e. The molecule has 0 spiro atoms. The molecule has 1 unspecified atom stereocenters. The highest BCUT2D eigenvalue weighted by Crippen LogP contribution is 2.31. The van der Waals surface area contributed by atoms with E-state index in [9.17, 15) is 18.0 Å². The van der Waals surface area contributed by atoms with E-state index >= 15 is 0 Å². The van der Waals surface area contributed by atoms with Crippen molar-refractivity contribution in [2.45, 2.75) is 37.1 Å². The zero-order valence-electron chi connectivity index (χ0n) is 14.0. The van der Waals surface area contributed by atoms with Crippen LogP contribution in [0, 0.1) is 0 Å². The van der Waals surface area contributed by atoms with Gasteiger partial charge in [-0.2, -0.15) is 0 Å². The van der Waals surface area contributed by atoms with Gasteiger partial charge in [-0.15, -0.1) is 12.4 Å². The molecule has 9 heteroatoms. The minimum Gasteiger partial charge on any atom is -0.334 e. The number of carbonyl (C=O) groups is 2. The fourth-order valence-corrected chi connectivity index (χ4v) is 5.00. The Labute approximate surface area is 153 Å². The Kier molecular flexibility index (Phi) is 5.75. The smallest absolute Gasteiger partial charge is 0.268 e. The van der Waals surface area contributed by atoms with E-state index in [-0.39, 0.29) is 46.9 Å². The largest absolute Gasteiger partial charge is 0.334 e. The van der Waals surface area contributed by atoms with E-state index in [1.807, 2.05) is 0 Å². The second-order valence-electron chi connectivity index (χ2n) is 6.07. The van der Waals surface area contributed by atoms with Crippen molar-refractivity contribution in [2.24, 2.45) is 5.73 Å². The van der Waals surface area contributed by atoms with Crippen LogP contribution in [-0.4, -0.2) is 55.1 Å². The summed E-state index contributed by atoms with van der Waals surface area (Å²) in [5.41, 5.74) is 6.16. The molecule has 1 aromatic carbocycles. The molecule has 0 radical (unpaired) electrons. The minimum absolute atomic E-state index is 0. The molecule has 0 aliphatic carbocycles. The van der Waals surface area contributed by atoms with Crippen LogP contribution in [0.15, 0.2) is 23.1 Å². The van der Waals surface area contributed by atoms with Crippen molar-refractivity contribution in [1.29, 1.82) is 0 Å². The summed E-state index contributed by atoms with van der Waals surface area (Å²) in [6.07, 6.45) is 2.80. The number of nitrogens with two attached hydrogens (primary N) is 1. The van der Waals surface area contributed by atoms with Crippen LogP contribution in [0.25, 0.3) is 0 Å². The first-order chi connectivity index (χ1) is 11.4. The molecule has 2 amide bonds. The minimum atomic E-state index is -3.86. The molecule has 0 bridgehead atoms. The van der Waals surface area contributed by atoms with Crippen LogP contribution in [0.3, 0.4) is 0 Å². The monoisotopic (exact) mass is 387 g/mol. The fourth-order valence-electron chi connectivity index (χ4n) is 3.40. The van der Waals surface area contributed by atoms with Crippen LogP contribution in [0.4, 0.5) is 0 Å². The summed E-state index contributed by atoms with van der Waals surface area (Å²) < 4.78 is 25.7. The lowest BCUT2D eigenvalue weighted by atomic mass is 10.0. The third-order valence-electron chi connectivity index (χ3n) is 4.70. The van der Waals surface area contributed by atoms with Gasteiger partial charge in [0.05, 0.1) is 5.56 Å². The van der Waals surface area contributed by atoms with Crippen molar-refractivity contribution in [2.75, 3.05) is 19.6 Å². The first kappa shape index (κ1) is 19.7. The van der Waals surface area contributed by atoms with Gasteiger partial charge in [0.25, 0.3) is 21.8 Å². The van der Waals surface area contributed by atoms with Crippen molar-refractivity contribution < 1.29 is 18.0 Å². The molecule has 0 saturated carbocycles. The number of rotatable bonds is 3. The van der Waals surface area contributed by atoms with Gasteiger partial charge in [-0.3, -0.25) is 9.59 Å². The zero-order valence-corrected chi connectivity index (χ0v) is 15.6. The number of nitrogens with zero attached hydrogens (tertiary/aromatic N) is 2. The summed E-state index contributed by atoms with van der Waals surface area (Å²) in [4.78, 5) is 26.6. The van der Waals surface area contributed by atoms with Crippen LogP contribution in [0.1, 0.15) is 46.9 Å². The third kappa shape index (κ3) is 3.14. The van der Waals surface area contributed by atoms with Gasteiger partial charge >= 0.3 is 0 Å². The summed E-state index contributed by atoms with van der Waals surface area (Å²) in [6, 6.07) is 4.25. The van der Waals surface area contributed by atoms with Crippen molar-refractivity contribution in [3.63, 3.8) is 0 Å². The van der Waals surface area contributed by atoms with Crippen LogP contribution in [0.5, 0.6) is 0 Å². The molecule has 0 aromatic heterocycles. The van der Waals surface area contributed by atoms with E-state index in [2.05, 4.69) is 0 Å². The highest BCUT2D eigenvalue weighted by atomic mass is 35.5. The van der Waals surface area contributed by atoms with E-state index in [4.69, 9.17) is 5.73 Å². The predicted octanol–water partition coefficient (Wildman–Crippen LogP) is 1.23. The maximum absolute atomic E-state index is 12.8. The molecule has 1 aromatic rings. The topological polar surface area (TPSA) is 101 Å². The van der Waals surface area contributed by atoms with Gasteiger partial charge in [-0.25, -0.2) is 12.7 Å². The van der Waals surface area contributed by atoms with Crippen LogP contribution in [-0.2, 0) is 10.0 Å². The van der Waals surface area contributed by atoms with E-state index < -0.39 is 15.9 Å². The number of halogens is 1. The lowest BCUT2D eigenvalue weighted by Gasteiger charge is -2.35. The summed E-state index contributed by atoms with van der Waals surface area (Å²) in [5, 5.41) is 0. The van der Waals surface area contributed by atoms with Crippen LogP contribution < -0.4 is 5.73 Å². The van der Waals surface area contributed by atoms with Crippen molar-refractivity contribution in [3.05, 3.63) is 29.3 Å². The van der Waals surface area contributed by atoms with E-state index in [0.29, 0.717) is 13.1 Å². The standard InChI is InChI=1S/C16H21N3O4S.ClH/c1-2-19-16(21)13-7-6-11(9-14(13)24(19,22)23)15(20)18-8-4-3-5-12(18)10-17;/h6-7,9,12H,2-5,8,10,17H2,1H3;1H. The number of amides is 2. The van der Waals surface area contributed by atoms with Crippen molar-refractivity contribution in [3.8, 4) is 0 Å². The van der Waals surface area contributed by atoms with Crippen molar-refractivity contribution >= 4 is 34.2 Å². The number of hydrogen-bond acceptors (Lipinski definition) is 5. The quantitative estimate of drug-likeness (QED) is 0.840. The SMILES string of the molecule is CCN1C(=O)c2ccc(C(=O)N3CCCCC3CN)cc2S1(=O)=O.Cl. The molecule has 1 saturated heterocycles. The van der Waals surface area contributed by atoms with Crippen LogP contribution in [0.2, 0.25) is 0 Å². The molecule has 2 aliphatic heterocycles. The van der Waals surface area contributed by atoms with Gasteiger partial charge in [-0.1, -0.05) is 0 Å². The number of likely N-dealkylation sites (tertiary alicyclic amines) is 1. The number of carbonyl (C=O) groups excluding carboxylic acids is 2. The second-order valence-corrected chi connectivity index (χ2v) is 7.90. The molecule has 7 nitrogen and oxygen atoms in total. The molecule has 138 valence electrons. The lowest BCUT2D eigenvalue weighted by Crippen LogP contribution is -2.47. The molecular formula is C16H22ClN3O4S. The number of hydrogen-bond donors (Lipinski definition) is 1. The Bertz CT molecular complexity index is 797. The lowest BCUT2D eigenvalue weighted by molar-refractivity contribution is 0.0622. The second kappa shape index (κ2) is 7.31. The molecule has 2 heterocycles. The summed E-state index contributed by atoms with van der Waals surface area (Å²) >= 11 is 0. The number of sulfonamides is 1. The Morgan fingerprint density at radius 1 is 1.32 bits per heavy atom. The van der Waals surface area contributed by atoms with Gasteiger partial charge in [-0.05, 0) is 44.4 Å². The van der Waals surface area contributed by atoms with E-state index in [1.165, 1.54) is 18.2 Å². The maximum atomic E-state index is 12.8. The van der Waals surface area contributed by atoms with Crippen LogP contribution >= 0.6 is 12.4 Å². The summed E-state index contributed by atoms with van der Waals surface area (Å²) in [7, 11) is -3.86. The first-order valence-corrected chi connectivity index (χ1v) is 9.58. The molecule has 2 N–H and O–H groups in total. The number of benzene rings is 1. The average molecular weight is 388 g/mol. The summed E-state index contributed by atoms with van der Waals surface area (Å²) in [5.74, 6) is -0.769. The van der Waals surface area contributed by atoms with E-state index in [1.54, 1.807) is 11.8 Å². The predicted molar refractivity (Wildman–Crippen MR) is 95.3 cm³/mol. The zero-order chi connectivity index (χ0) is 17.5. The highest BCUT2D eigenvalue weighted by Gasteiger charge is 2.41. The molecule has 25 heavy (non-hydrogen) atoms. The molecule has 1 atom stereocenters. The Balaban J connectivity index is 0.00000225. The summed E-state index contributed by atoms with van der Waals surface area (Å²) in [6.45, 7) is 2.68.